The van der Waals surface area contributed by atoms with Crippen molar-refractivity contribution >= 4 is 6.21 Å². The third kappa shape index (κ3) is 2.34. The predicted molar refractivity (Wildman–Crippen MR) is 49.8 cm³/mol. The molecule has 1 heteroatoms. The smallest absolute Gasteiger partial charge is 0.0267 e. The maximum absolute atomic E-state index is 4.05. The Labute approximate surface area is 68.5 Å². The Bertz CT molecular complexity index is 214. The molecule has 0 saturated heterocycles. The van der Waals surface area contributed by atoms with Crippen LogP contribution in [0.1, 0.15) is 27.2 Å². The van der Waals surface area contributed by atoms with Crippen molar-refractivity contribution in [2.45, 2.75) is 27.2 Å². The van der Waals surface area contributed by atoms with Gasteiger partial charge in [0.15, 0.2) is 0 Å². The van der Waals surface area contributed by atoms with Crippen LogP contribution in [0.3, 0.4) is 0 Å². The Morgan fingerprint density at radius 2 is 2.09 bits per heavy atom. The minimum absolute atomic E-state index is 0.278. The Balaban J connectivity index is 2.81. The third-order valence-corrected chi connectivity index (χ3v) is 1.85. The molecule has 0 aromatic carbocycles. The minimum Gasteiger partial charge on any atom is -0.265 e. The van der Waals surface area contributed by atoms with Gasteiger partial charge in [-0.2, -0.15) is 0 Å². The van der Waals surface area contributed by atoms with Crippen LogP contribution >= 0.6 is 0 Å². The van der Waals surface area contributed by atoms with Crippen LogP contribution in [0.2, 0.25) is 0 Å². The molecule has 1 heterocycles. The number of rotatable bonds is 0. The molecule has 1 aliphatic rings. The van der Waals surface area contributed by atoms with E-state index in [1.54, 1.807) is 0 Å². The highest BCUT2D eigenvalue weighted by atomic mass is 14.7. The highest BCUT2D eigenvalue weighted by Gasteiger charge is 2.15. The Hall–Kier alpha value is -0.850. The second kappa shape index (κ2) is 3.04. The molecule has 0 aromatic heterocycles. The number of nitrogens with zero attached hydrogens (tertiary/aromatic N) is 1. The van der Waals surface area contributed by atoms with E-state index in [1.165, 1.54) is 5.57 Å². The first kappa shape index (κ1) is 8.25. The van der Waals surface area contributed by atoms with Gasteiger partial charge in [-0.15, -0.1) is 0 Å². The zero-order valence-corrected chi connectivity index (χ0v) is 7.46. The van der Waals surface area contributed by atoms with E-state index in [9.17, 15) is 0 Å². The fraction of sp³-hybridized carbons (Fsp3) is 0.500. The summed E-state index contributed by atoms with van der Waals surface area (Å²) < 4.78 is 0. The van der Waals surface area contributed by atoms with Crippen molar-refractivity contribution in [1.29, 1.82) is 0 Å². The molecule has 0 aliphatic carbocycles. The van der Waals surface area contributed by atoms with Crippen molar-refractivity contribution in [3.8, 4) is 0 Å². The van der Waals surface area contributed by atoms with Gasteiger partial charge in [0.1, 0.15) is 0 Å². The van der Waals surface area contributed by atoms with E-state index in [0.29, 0.717) is 0 Å². The van der Waals surface area contributed by atoms with E-state index in [0.717, 1.165) is 6.42 Å². The van der Waals surface area contributed by atoms with Crippen LogP contribution in [-0.4, -0.2) is 6.21 Å². The third-order valence-electron chi connectivity index (χ3n) is 1.85. The lowest BCUT2D eigenvalue weighted by atomic mass is 9.84. The van der Waals surface area contributed by atoms with Crippen molar-refractivity contribution in [1.82, 2.24) is 0 Å². The van der Waals surface area contributed by atoms with Gasteiger partial charge < -0.3 is 0 Å². The Morgan fingerprint density at radius 3 is 2.73 bits per heavy atom. The van der Waals surface area contributed by atoms with Crippen LogP contribution < -0.4 is 0 Å². The average molecular weight is 149 g/mol. The van der Waals surface area contributed by atoms with Gasteiger partial charge in [0, 0.05) is 12.4 Å². The summed E-state index contributed by atoms with van der Waals surface area (Å²) in [6.45, 7) is 6.68. The number of aliphatic imine (C=N–C) groups is 1. The van der Waals surface area contributed by atoms with Crippen LogP contribution in [0.25, 0.3) is 0 Å². The first-order valence-corrected chi connectivity index (χ1v) is 3.98. The van der Waals surface area contributed by atoms with Gasteiger partial charge in [-0.25, -0.2) is 0 Å². The molecule has 0 atom stereocenters. The van der Waals surface area contributed by atoms with Crippen LogP contribution in [0.15, 0.2) is 28.9 Å². The molecule has 1 nitrogen and oxygen atoms in total. The van der Waals surface area contributed by atoms with Crippen molar-refractivity contribution < 1.29 is 0 Å². The van der Waals surface area contributed by atoms with Crippen LogP contribution in [-0.2, 0) is 0 Å². The summed E-state index contributed by atoms with van der Waals surface area (Å²) in [6.07, 6.45) is 8.96. The fourth-order valence-corrected chi connectivity index (χ4v) is 1.05. The number of allylic oxidation sites excluding steroid dienone is 3. The molecule has 1 rings (SSSR count). The first-order chi connectivity index (χ1) is 5.11. The molecular formula is C10H15N. The van der Waals surface area contributed by atoms with Gasteiger partial charge in [-0.1, -0.05) is 32.4 Å². The molecule has 0 unspecified atom stereocenters. The lowest BCUT2D eigenvalue weighted by Gasteiger charge is -2.21. The molecule has 1 aliphatic heterocycles. The van der Waals surface area contributed by atoms with Gasteiger partial charge in [-0.3, -0.25) is 4.99 Å². The number of hydrogen-bond acceptors (Lipinski definition) is 1. The summed E-state index contributed by atoms with van der Waals surface area (Å²) in [6, 6.07) is 0. The van der Waals surface area contributed by atoms with E-state index >= 15 is 0 Å². The summed E-state index contributed by atoms with van der Waals surface area (Å²) in [7, 11) is 0. The molecule has 0 fully saturated rings. The summed E-state index contributed by atoms with van der Waals surface area (Å²) in [5.41, 5.74) is 1.72. The standard InChI is InChI=1S/C10H15N/c1-10(2,3)9-5-4-7-11-8-6-9/h4,6-8H,5H2,1-3H3. The van der Waals surface area contributed by atoms with Gasteiger partial charge in [0.05, 0.1) is 0 Å². The molecule has 0 saturated carbocycles. The second-order valence-corrected chi connectivity index (χ2v) is 3.83. The first-order valence-electron chi connectivity index (χ1n) is 3.98. The SMILES string of the molecule is CC(C)(C)C1=CC=NC=CC1. The zero-order valence-electron chi connectivity index (χ0n) is 7.46. The molecule has 0 aromatic rings. The van der Waals surface area contributed by atoms with Gasteiger partial charge in [0.25, 0.3) is 0 Å². The lowest BCUT2D eigenvalue weighted by Crippen LogP contribution is -2.08. The van der Waals surface area contributed by atoms with Crippen molar-refractivity contribution in [3.63, 3.8) is 0 Å². The summed E-state index contributed by atoms with van der Waals surface area (Å²) in [5.74, 6) is 0. The van der Waals surface area contributed by atoms with Crippen LogP contribution in [0, 0.1) is 5.41 Å². The largest absolute Gasteiger partial charge is 0.265 e. The molecule has 0 radical (unpaired) electrons. The summed E-state index contributed by atoms with van der Waals surface area (Å²) in [4.78, 5) is 4.05. The summed E-state index contributed by atoms with van der Waals surface area (Å²) >= 11 is 0. The van der Waals surface area contributed by atoms with Crippen LogP contribution in [0.5, 0.6) is 0 Å². The van der Waals surface area contributed by atoms with E-state index in [-0.39, 0.29) is 5.41 Å². The van der Waals surface area contributed by atoms with E-state index in [2.05, 4.69) is 37.9 Å². The monoisotopic (exact) mass is 149 g/mol. The Kier molecular flexibility index (Phi) is 2.28. The molecule has 0 bridgehead atoms. The van der Waals surface area contributed by atoms with E-state index in [4.69, 9.17) is 0 Å². The maximum Gasteiger partial charge on any atom is 0.0267 e. The predicted octanol–water partition coefficient (Wildman–Crippen LogP) is 2.95. The normalized spacial score (nSPS) is 17.9. The lowest BCUT2D eigenvalue weighted by molar-refractivity contribution is 0.495. The van der Waals surface area contributed by atoms with Crippen molar-refractivity contribution in [3.05, 3.63) is 23.9 Å². The quantitative estimate of drug-likeness (QED) is 0.502. The average Bonchev–Trinajstić information content (AvgIpc) is 2.10. The second-order valence-electron chi connectivity index (χ2n) is 3.83. The number of hydrogen-bond donors (Lipinski definition) is 0. The highest BCUT2D eigenvalue weighted by Crippen LogP contribution is 2.28. The zero-order chi connectivity index (χ0) is 8.32. The molecule has 0 amide bonds. The maximum atomic E-state index is 4.05. The molecule has 0 N–H and O–H groups in total. The molecule has 0 spiro atoms. The molecular weight excluding hydrogens is 134 g/mol. The van der Waals surface area contributed by atoms with Gasteiger partial charge in [-0.05, 0) is 17.9 Å². The topological polar surface area (TPSA) is 12.4 Å². The van der Waals surface area contributed by atoms with E-state index < -0.39 is 0 Å². The molecule has 11 heavy (non-hydrogen) atoms. The fourth-order valence-electron chi connectivity index (χ4n) is 1.05. The van der Waals surface area contributed by atoms with Crippen molar-refractivity contribution in [2.75, 3.05) is 0 Å². The van der Waals surface area contributed by atoms with Crippen LogP contribution in [0.4, 0.5) is 0 Å². The molecule has 60 valence electrons. The van der Waals surface area contributed by atoms with Gasteiger partial charge in [0.2, 0.25) is 0 Å². The summed E-state index contributed by atoms with van der Waals surface area (Å²) in [5, 5.41) is 0. The Morgan fingerprint density at radius 1 is 1.36 bits per heavy atom. The van der Waals surface area contributed by atoms with E-state index in [1.807, 2.05) is 12.4 Å². The van der Waals surface area contributed by atoms with Gasteiger partial charge >= 0.3 is 0 Å². The minimum atomic E-state index is 0.278. The highest BCUT2D eigenvalue weighted by molar-refractivity contribution is 5.73. The van der Waals surface area contributed by atoms with Crippen molar-refractivity contribution in [2.24, 2.45) is 10.4 Å².